The predicted octanol–water partition coefficient (Wildman–Crippen LogP) is -5.82. The highest BCUT2D eigenvalue weighted by atomic mass is 35.5. The van der Waals surface area contributed by atoms with Crippen molar-refractivity contribution in [3.8, 4) is 0 Å². The third-order valence-electron chi connectivity index (χ3n) is 7.38. The average Bonchev–Trinajstić information content (AvgIpc) is 3.07. The molecule has 0 aromatic carbocycles. The van der Waals surface area contributed by atoms with Crippen LogP contribution in [0.25, 0.3) is 0 Å². The van der Waals surface area contributed by atoms with Crippen molar-refractivity contribution in [1.82, 2.24) is 31.9 Å². The van der Waals surface area contributed by atoms with E-state index in [4.69, 9.17) is 46.1 Å². The van der Waals surface area contributed by atoms with Crippen LogP contribution in [0.1, 0.15) is 66.2 Å². The molecule has 56 heavy (non-hydrogen) atoms. The molecule has 8 atom stereocenters. The first-order valence-corrected chi connectivity index (χ1v) is 17.4. The summed E-state index contributed by atoms with van der Waals surface area (Å²) in [6, 6.07) is -9.56. The van der Waals surface area contributed by atoms with E-state index in [0.717, 1.165) is 13.8 Å². The summed E-state index contributed by atoms with van der Waals surface area (Å²) in [6.07, 6.45) is -3.78. The minimum Gasteiger partial charge on any atom is -0.370 e. The van der Waals surface area contributed by atoms with Gasteiger partial charge in [0.2, 0.25) is 59.1 Å². The maximum absolute atomic E-state index is 13.4. The van der Waals surface area contributed by atoms with Gasteiger partial charge in [0, 0.05) is 26.7 Å². The predicted molar refractivity (Wildman–Crippen MR) is 193 cm³/mol. The Labute approximate surface area is 329 Å². The molecule has 25 heteroatoms. The summed E-state index contributed by atoms with van der Waals surface area (Å²) in [4.78, 5) is 161. The lowest BCUT2D eigenvalue weighted by atomic mass is 9.96. The second kappa shape index (κ2) is 23.9. The molecule has 0 fully saturated rings. The average molecular weight is 838 g/mol. The van der Waals surface area contributed by atoms with Crippen molar-refractivity contribution in [3.63, 3.8) is 0 Å². The van der Waals surface area contributed by atoms with Crippen LogP contribution in [0.15, 0.2) is 0 Å². The molecule has 0 spiro atoms. The molecular weight excluding hydrogens is 791 g/mol. The largest absolute Gasteiger partial charge is 0.370 e. The molecule has 10 amide bonds. The van der Waals surface area contributed by atoms with Gasteiger partial charge in [-0.05, 0) is 26.7 Å². The van der Waals surface area contributed by atoms with Crippen molar-refractivity contribution in [3.05, 3.63) is 0 Å². The van der Waals surface area contributed by atoms with Gasteiger partial charge in [-0.3, -0.25) is 62.3 Å². The summed E-state index contributed by atoms with van der Waals surface area (Å²) in [6.45, 7) is 4.76. The van der Waals surface area contributed by atoms with Gasteiger partial charge < -0.3 is 54.8 Å². The zero-order chi connectivity index (χ0) is 43.6. The summed E-state index contributed by atoms with van der Waals surface area (Å²) in [5.74, 6) is -14.0. The topological polar surface area (TPSA) is 398 Å². The van der Waals surface area contributed by atoms with Crippen molar-refractivity contribution >= 4 is 99.6 Å². The molecular formula is C31H46Cl2N10O13. The van der Waals surface area contributed by atoms with Gasteiger partial charge in [-0.1, -0.05) is 0 Å². The molecule has 0 aliphatic carbocycles. The first-order valence-electron chi connectivity index (χ1n) is 16.6. The highest BCUT2D eigenvalue weighted by Gasteiger charge is 2.42. The van der Waals surface area contributed by atoms with E-state index >= 15 is 0 Å². The second-order valence-electron chi connectivity index (χ2n) is 12.4. The van der Waals surface area contributed by atoms with E-state index in [1.807, 2.05) is 0 Å². The van der Waals surface area contributed by atoms with Crippen LogP contribution in [0.4, 0.5) is 0 Å². The lowest BCUT2D eigenvalue weighted by Crippen LogP contribution is -2.58. The van der Waals surface area contributed by atoms with Gasteiger partial charge in [-0.2, -0.15) is 0 Å². The van der Waals surface area contributed by atoms with Crippen LogP contribution >= 0.6 is 23.2 Å². The molecule has 23 nitrogen and oxygen atoms in total. The van der Waals surface area contributed by atoms with Crippen molar-refractivity contribution in [2.75, 3.05) is 0 Å². The van der Waals surface area contributed by atoms with E-state index in [9.17, 15) is 62.3 Å². The van der Waals surface area contributed by atoms with E-state index in [1.54, 1.807) is 0 Å². The number of halogens is 2. The van der Waals surface area contributed by atoms with Gasteiger partial charge in [0.25, 0.3) is 0 Å². The number of carbonyl (C=O) groups is 13. The zero-order valence-corrected chi connectivity index (χ0v) is 32.2. The molecule has 14 N–H and O–H groups in total. The van der Waals surface area contributed by atoms with Gasteiger partial charge in [0.15, 0.2) is 28.1 Å². The third kappa shape index (κ3) is 18.6. The fraction of sp³-hybridized carbons (Fsp3) is 0.581. The lowest BCUT2D eigenvalue weighted by Gasteiger charge is -2.26. The molecule has 2 unspecified atom stereocenters. The van der Waals surface area contributed by atoms with Gasteiger partial charge >= 0.3 is 0 Å². The van der Waals surface area contributed by atoms with Crippen molar-refractivity contribution < 1.29 is 62.3 Å². The number of nitrogens with two attached hydrogens (primary N) is 4. The number of Topliss-reactive ketones (excluding diaryl/α,β-unsaturated/α-hetero) is 3. The van der Waals surface area contributed by atoms with E-state index in [-0.39, 0.29) is 0 Å². The van der Waals surface area contributed by atoms with Crippen LogP contribution < -0.4 is 54.8 Å². The monoisotopic (exact) mass is 836 g/mol. The number of hydrogen-bond donors (Lipinski definition) is 10. The minimum absolute atomic E-state index is 0.437. The van der Waals surface area contributed by atoms with Crippen LogP contribution in [-0.2, 0) is 62.3 Å². The Morgan fingerprint density at radius 3 is 0.964 bits per heavy atom. The Bertz CT molecular complexity index is 1480. The smallest absolute Gasteiger partial charge is 0.243 e. The standard InChI is InChI=1S/C31H46Cl2N10O13/c1-11(38-13(3)44)28(53)40-15(5-7-19(34)46)30(55)42-17(9-21(36)48)25(50)23(32)27(52)24(33)26(51)18(10-22(37)49)43-31(56)16(6-8-20(35)47)41-29(54)12(2)39-14(4)45/h11-12,15-18,23-24H,5-10H2,1-4H3,(H2,34,46)(H2,35,47)(H2,36,48)(H2,37,49)(H,38,44)(H,39,45)(H,40,53)(H,41,54)(H,42,55)(H,43,56)/t11-,12-,15-,16-,17-,18-,23?,24?/m0/s1. The first kappa shape index (κ1) is 50.3. The molecule has 0 bridgehead atoms. The van der Waals surface area contributed by atoms with Crippen LogP contribution in [-0.4, -0.2) is 123 Å². The Kier molecular flexibility index (Phi) is 21.5. The van der Waals surface area contributed by atoms with Gasteiger partial charge in [0.05, 0.1) is 24.9 Å². The molecule has 0 aliphatic rings. The Morgan fingerprint density at radius 2 is 0.714 bits per heavy atom. The molecule has 0 aromatic heterocycles. The molecule has 0 heterocycles. The number of carbonyl (C=O) groups excluding carboxylic acids is 13. The Morgan fingerprint density at radius 1 is 0.429 bits per heavy atom. The number of nitrogens with one attached hydrogen (secondary N) is 6. The van der Waals surface area contributed by atoms with E-state index in [1.165, 1.54) is 13.8 Å². The SMILES string of the molecule is CC(=O)N[C@@H](C)C(=O)N[C@@H](CCC(N)=O)C(=O)N[C@@H](CC(N)=O)C(=O)C(Cl)C(=O)C(Cl)C(=O)[C@H](CC(N)=O)NC(=O)[C@H](CCC(N)=O)NC(=O)[C@H](C)NC(C)=O. The van der Waals surface area contributed by atoms with Crippen molar-refractivity contribution in [2.45, 2.75) is 113 Å². The summed E-state index contributed by atoms with van der Waals surface area (Å²) in [5, 5.41) is 8.37. The fourth-order valence-corrected chi connectivity index (χ4v) is 5.22. The number of primary amides is 4. The molecule has 0 radical (unpaired) electrons. The summed E-state index contributed by atoms with van der Waals surface area (Å²) < 4.78 is 0. The quantitative estimate of drug-likeness (QED) is 0.0287. The van der Waals surface area contributed by atoms with Gasteiger partial charge in [0.1, 0.15) is 24.2 Å². The van der Waals surface area contributed by atoms with Crippen LogP contribution in [0.2, 0.25) is 0 Å². The highest BCUT2D eigenvalue weighted by Crippen LogP contribution is 2.16. The summed E-state index contributed by atoms with van der Waals surface area (Å²) in [5.41, 5.74) is 20.7. The van der Waals surface area contributed by atoms with Gasteiger partial charge in [-0.15, -0.1) is 23.2 Å². The lowest BCUT2D eigenvalue weighted by molar-refractivity contribution is -0.137. The summed E-state index contributed by atoms with van der Waals surface area (Å²) >= 11 is 12.2. The fourth-order valence-electron chi connectivity index (χ4n) is 4.60. The van der Waals surface area contributed by atoms with E-state index in [0.29, 0.717) is 0 Å². The number of hydrogen-bond acceptors (Lipinski definition) is 13. The first-order chi connectivity index (χ1) is 25.8. The van der Waals surface area contributed by atoms with Crippen LogP contribution in [0, 0.1) is 0 Å². The van der Waals surface area contributed by atoms with Crippen LogP contribution in [0.5, 0.6) is 0 Å². The zero-order valence-electron chi connectivity index (χ0n) is 30.7. The maximum atomic E-state index is 13.4. The molecule has 312 valence electrons. The van der Waals surface area contributed by atoms with Crippen LogP contribution in [0.3, 0.4) is 0 Å². The number of amides is 10. The molecule has 0 saturated heterocycles. The number of alkyl halides is 2. The third-order valence-corrected chi connectivity index (χ3v) is 8.24. The number of rotatable bonds is 26. The van der Waals surface area contributed by atoms with Crippen molar-refractivity contribution in [2.24, 2.45) is 22.9 Å². The molecule has 0 rings (SSSR count). The van der Waals surface area contributed by atoms with E-state index in [2.05, 4.69) is 31.9 Å². The molecule has 0 aromatic rings. The Hall–Kier alpha value is -5.71. The minimum atomic E-state index is -2.41. The van der Waals surface area contributed by atoms with Crippen molar-refractivity contribution in [1.29, 1.82) is 0 Å². The Balaban J connectivity index is 6.31. The molecule has 0 saturated carbocycles. The normalized spacial score (nSPS) is 15.0. The van der Waals surface area contributed by atoms with E-state index < -0.39 is 162 Å². The highest BCUT2D eigenvalue weighted by molar-refractivity contribution is 6.53. The van der Waals surface area contributed by atoms with Gasteiger partial charge in [-0.25, -0.2) is 0 Å². The molecule has 0 aliphatic heterocycles. The number of ketones is 3. The second-order valence-corrected chi connectivity index (χ2v) is 13.2. The summed E-state index contributed by atoms with van der Waals surface area (Å²) in [7, 11) is 0. The maximum Gasteiger partial charge on any atom is 0.243 e.